The Labute approximate surface area is 101 Å². The predicted molar refractivity (Wildman–Crippen MR) is 63.0 cm³/mol. The van der Waals surface area contributed by atoms with Crippen molar-refractivity contribution in [1.82, 2.24) is 9.55 Å². The van der Waals surface area contributed by atoms with Crippen molar-refractivity contribution in [3.63, 3.8) is 0 Å². The molecule has 1 aliphatic heterocycles. The van der Waals surface area contributed by atoms with E-state index in [-0.39, 0.29) is 18.3 Å². The molecule has 2 heterocycles. The molecule has 0 fully saturated rings. The molecule has 1 atom stereocenters. The van der Waals surface area contributed by atoms with Crippen molar-refractivity contribution in [2.24, 2.45) is 5.92 Å². The number of rotatable bonds is 2. The summed E-state index contributed by atoms with van der Waals surface area (Å²) in [5.74, 6) is 0.426. The number of hydrogen-bond acceptors (Lipinski definition) is 2. The third-order valence-corrected chi connectivity index (χ3v) is 2.99. The van der Waals surface area contributed by atoms with E-state index < -0.39 is 5.97 Å². The summed E-state index contributed by atoms with van der Waals surface area (Å²) < 4.78 is 2.08. The van der Waals surface area contributed by atoms with E-state index >= 15 is 0 Å². The van der Waals surface area contributed by atoms with Gasteiger partial charge in [-0.05, 0) is 12.8 Å². The van der Waals surface area contributed by atoms with Crippen LogP contribution in [-0.2, 0) is 17.8 Å². The molecule has 90 valence electrons. The highest BCUT2D eigenvalue weighted by Crippen LogP contribution is 2.24. The fourth-order valence-electron chi connectivity index (χ4n) is 2.13. The topological polar surface area (TPSA) is 55.1 Å². The highest BCUT2D eigenvalue weighted by molar-refractivity contribution is 5.85. The third kappa shape index (κ3) is 2.21. The number of fused-ring (bicyclic) bond motifs is 1. The Balaban J connectivity index is 0.00000128. The van der Waals surface area contributed by atoms with Crippen LogP contribution in [0.5, 0.6) is 0 Å². The maximum atomic E-state index is 10.9. The number of carbonyl (C=O) groups is 1. The van der Waals surface area contributed by atoms with E-state index in [1.54, 1.807) is 0 Å². The molecule has 0 amide bonds. The minimum absolute atomic E-state index is 0. The number of imidazole rings is 1. The van der Waals surface area contributed by atoms with Crippen molar-refractivity contribution < 1.29 is 9.90 Å². The van der Waals surface area contributed by atoms with E-state index in [9.17, 15) is 4.79 Å². The first-order valence-corrected chi connectivity index (χ1v) is 5.36. The zero-order valence-corrected chi connectivity index (χ0v) is 10.3. The first-order chi connectivity index (χ1) is 7.09. The molecule has 5 heteroatoms. The number of aliphatic carboxylic acids is 1. The van der Waals surface area contributed by atoms with E-state index in [1.165, 1.54) is 5.69 Å². The molecule has 1 aromatic heterocycles. The van der Waals surface area contributed by atoms with Crippen LogP contribution >= 0.6 is 12.4 Å². The summed E-state index contributed by atoms with van der Waals surface area (Å²) in [6, 6.07) is 0. The second kappa shape index (κ2) is 4.87. The van der Waals surface area contributed by atoms with Gasteiger partial charge in [0.05, 0.1) is 5.92 Å². The van der Waals surface area contributed by atoms with Crippen molar-refractivity contribution in [2.75, 3.05) is 0 Å². The van der Waals surface area contributed by atoms with Crippen molar-refractivity contribution in [1.29, 1.82) is 0 Å². The molecule has 2 rings (SSSR count). The molecule has 0 saturated heterocycles. The zero-order chi connectivity index (χ0) is 11.0. The maximum Gasteiger partial charge on any atom is 0.308 e. The zero-order valence-electron chi connectivity index (χ0n) is 9.51. The first kappa shape index (κ1) is 13.0. The van der Waals surface area contributed by atoms with Crippen molar-refractivity contribution >= 4 is 18.4 Å². The van der Waals surface area contributed by atoms with Gasteiger partial charge in [-0.25, -0.2) is 4.98 Å². The number of carboxylic acid groups (broad SMARTS) is 1. The molecule has 0 spiro atoms. The van der Waals surface area contributed by atoms with Crippen molar-refractivity contribution in [2.45, 2.75) is 39.2 Å². The molecule has 16 heavy (non-hydrogen) atoms. The van der Waals surface area contributed by atoms with Crippen LogP contribution in [0.15, 0.2) is 6.20 Å². The van der Waals surface area contributed by atoms with Gasteiger partial charge >= 0.3 is 5.97 Å². The first-order valence-electron chi connectivity index (χ1n) is 5.36. The van der Waals surface area contributed by atoms with Gasteiger partial charge < -0.3 is 9.67 Å². The molecule has 0 aromatic carbocycles. The van der Waals surface area contributed by atoms with Gasteiger partial charge in [0.2, 0.25) is 0 Å². The molecule has 0 radical (unpaired) electrons. The van der Waals surface area contributed by atoms with Crippen LogP contribution in [-0.4, -0.2) is 20.6 Å². The summed E-state index contributed by atoms with van der Waals surface area (Å²) in [5, 5.41) is 9.00. The molecule has 1 N–H and O–H groups in total. The molecule has 4 nitrogen and oxygen atoms in total. The van der Waals surface area contributed by atoms with Gasteiger partial charge in [-0.1, -0.05) is 13.8 Å². The number of hydrogen-bond donors (Lipinski definition) is 1. The fraction of sp³-hybridized carbons (Fsp3) is 0.636. The van der Waals surface area contributed by atoms with Crippen LogP contribution in [0.2, 0.25) is 0 Å². The SMILES string of the molecule is CC(C)c1ncc2n1CC(C(=O)O)CC2.Cl. The molecular formula is C11H17ClN2O2. The quantitative estimate of drug-likeness (QED) is 0.867. The summed E-state index contributed by atoms with van der Waals surface area (Å²) >= 11 is 0. The Kier molecular flexibility index (Phi) is 3.97. The lowest BCUT2D eigenvalue weighted by Crippen LogP contribution is -2.27. The summed E-state index contributed by atoms with van der Waals surface area (Å²) in [6.07, 6.45) is 3.45. The lowest BCUT2D eigenvalue weighted by atomic mass is 9.98. The fourth-order valence-corrected chi connectivity index (χ4v) is 2.13. The van der Waals surface area contributed by atoms with E-state index in [0.717, 1.165) is 18.7 Å². The Morgan fingerprint density at radius 3 is 2.88 bits per heavy atom. The van der Waals surface area contributed by atoms with Crippen LogP contribution in [0.25, 0.3) is 0 Å². The Morgan fingerprint density at radius 1 is 1.62 bits per heavy atom. The molecule has 0 aliphatic carbocycles. The predicted octanol–water partition coefficient (Wildman–Crippen LogP) is 2.08. The van der Waals surface area contributed by atoms with E-state index in [1.807, 2.05) is 6.20 Å². The van der Waals surface area contributed by atoms with E-state index in [2.05, 4.69) is 23.4 Å². The van der Waals surface area contributed by atoms with Gasteiger partial charge in [-0.2, -0.15) is 0 Å². The van der Waals surface area contributed by atoms with Crippen LogP contribution in [0.4, 0.5) is 0 Å². The smallest absolute Gasteiger partial charge is 0.308 e. The summed E-state index contributed by atoms with van der Waals surface area (Å²) in [6.45, 7) is 4.75. The summed E-state index contributed by atoms with van der Waals surface area (Å²) in [4.78, 5) is 15.3. The highest BCUT2D eigenvalue weighted by Gasteiger charge is 2.26. The summed E-state index contributed by atoms with van der Waals surface area (Å²) in [7, 11) is 0. The Bertz CT molecular complexity index is 387. The number of carboxylic acids is 1. The lowest BCUT2D eigenvalue weighted by Gasteiger charge is -2.23. The largest absolute Gasteiger partial charge is 0.481 e. The average molecular weight is 245 g/mol. The van der Waals surface area contributed by atoms with E-state index in [4.69, 9.17) is 5.11 Å². The number of aryl methyl sites for hydroxylation is 1. The molecule has 0 saturated carbocycles. The Morgan fingerprint density at radius 2 is 2.31 bits per heavy atom. The van der Waals surface area contributed by atoms with E-state index in [0.29, 0.717) is 12.5 Å². The van der Waals surface area contributed by atoms with Crippen LogP contribution in [0.1, 0.15) is 37.7 Å². The molecule has 0 bridgehead atoms. The molecule has 1 aromatic rings. The number of halogens is 1. The lowest BCUT2D eigenvalue weighted by molar-refractivity contribution is -0.142. The summed E-state index contributed by atoms with van der Waals surface area (Å²) in [5.41, 5.74) is 1.18. The van der Waals surface area contributed by atoms with Crippen molar-refractivity contribution in [3.05, 3.63) is 17.7 Å². The second-order valence-electron chi connectivity index (χ2n) is 4.45. The van der Waals surface area contributed by atoms with Gasteiger partial charge in [-0.15, -0.1) is 12.4 Å². The van der Waals surface area contributed by atoms with Crippen LogP contribution in [0, 0.1) is 5.92 Å². The third-order valence-electron chi connectivity index (χ3n) is 2.99. The van der Waals surface area contributed by atoms with Gasteiger partial charge in [0.1, 0.15) is 5.82 Å². The van der Waals surface area contributed by atoms with Gasteiger partial charge in [0, 0.05) is 24.4 Å². The molecule has 1 aliphatic rings. The van der Waals surface area contributed by atoms with Gasteiger partial charge in [0.25, 0.3) is 0 Å². The minimum atomic E-state index is -0.691. The normalized spacial score (nSPS) is 19.1. The van der Waals surface area contributed by atoms with Crippen LogP contribution < -0.4 is 0 Å². The van der Waals surface area contributed by atoms with Gasteiger partial charge in [0.15, 0.2) is 0 Å². The monoisotopic (exact) mass is 244 g/mol. The highest BCUT2D eigenvalue weighted by atomic mass is 35.5. The average Bonchev–Trinajstić information content (AvgIpc) is 2.59. The van der Waals surface area contributed by atoms with Crippen molar-refractivity contribution in [3.8, 4) is 0 Å². The van der Waals surface area contributed by atoms with Crippen LogP contribution in [0.3, 0.4) is 0 Å². The number of nitrogens with zero attached hydrogens (tertiary/aromatic N) is 2. The standard InChI is InChI=1S/C11H16N2O2.ClH/c1-7(2)10-12-5-9-4-3-8(11(14)15)6-13(9)10;/h5,7-8H,3-4,6H2,1-2H3,(H,14,15);1H. The minimum Gasteiger partial charge on any atom is -0.481 e. The van der Waals surface area contributed by atoms with Gasteiger partial charge in [-0.3, -0.25) is 4.79 Å². The Hall–Kier alpha value is -1.03. The number of aromatic nitrogens is 2. The second-order valence-corrected chi connectivity index (χ2v) is 4.45. The molecular weight excluding hydrogens is 228 g/mol. The maximum absolute atomic E-state index is 10.9. The molecule has 1 unspecified atom stereocenters.